The number of hydrogen-bond acceptors (Lipinski definition) is 8. The van der Waals surface area contributed by atoms with Crippen LogP contribution < -0.4 is 20.3 Å². The largest absolute Gasteiger partial charge is 0.496 e. The van der Waals surface area contributed by atoms with Gasteiger partial charge >= 0.3 is 5.69 Å². The molecule has 0 atom stereocenters. The highest BCUT2D eigenvalue weighted by atomic mass is 79.9. The number of methoxy groups -OCH3 is 1. The molecule has 11 nitrogen and oxygen atoms in total. The van der Waals surface area contributed by atoms with E-state index >= 15 is 0 Å². The van der Waals surface area contributed by atoms with Crippen molar-refractivity contribution in [3.05, 3.63) is 120 Å². The summed E-state index contributed by atoms with van der Waals surface area (Å²) in [5.41, 5.74) is 2.48. The number of fused-ring (bicyclic) bond motifs is 1. The van der Waals surface area contributed by atoms with Crippen molar-refractivity contribution in [1.82, 2.24) is 9.66 Å². The van der Waals surface area contributed by atoms with Gasteiger partial charge in [0, 0.05) is 22.9 Å². The molecule has 0 saturated heterocycles. The lowest BCUT2D eigenvalue weighted by molar-refractivity contribution is -0.385. The zero-order valence-corrected chi connectivity index (χ0v) is 27.4. The van der Waals surface area contributed by atoms with E-state index in [9.17, 15) is 24.1 Å². The van der Waals surface area contributed by atoms with E-state index in [1.54, 1.807) is 31.4 Å². The molecule has 0 spiro atoms. The Kier molecular flexibility index (Phi) is 9.75. The number of hydrogen-bond donors (Lipinski definition) is 1. The summed E-state index contributed by atoms with van der Waals surface area (Å²) in [6.07, 6.45) is 1.31. The van der Waals surface area contributed by atoms with Gasteiger partial charge in [-0.25, -0.2) is 9.37 Å². The average molecular weight is 703 g/mol. The summed E-state index contributed by atoms with van der Waals surface area (Å²) in [5, 5.41) is 19.3. The standard InChI is InChI=1S/C34H29BrFN5O6/c1-19(2)25-16-26(20(3)12-30(25)46-4)33-39-28-11-6-5-10-24(28)34(43)40(33)37-17-21-13-27(35)32(29(14-21)41(44)45)47-18-31(42)38-23-9-7-8-22(36)15-23/h5-17,19H,18H2,1-4H3,(H,38,42). The quantitative estimate of drug-likeness (QED) is 0.0922. The number of nitro groups is 1. The van der Waals surface area contributed by atoms with Gasteiger partial charge in [-0.2, -0.15) is 9.78 Å². The van der Waals surface area contributed by atoms with Gasteiger partial charge in [0.2, 0.25) is 5.75 Å². The van der Waals surface area contributed by atoms with Crippen LogP contribution in [0, 0.1) is 22.9 Å². The molecule has 4 aromatic carbocycles. The van der Waals surface area contributed by atoms with Gasteiger partial charge in [-0.3, -0.25) is 19.7 Å². The third-order valence-corrected chi connectivity index (χ3v) is 7.80. The second kappa shape index (κ2) is 13.9. The molecule has 0 aliphatic heterocycles. The van der Waals surface area contributed by atoms with Crippen LogP contribution in [0.5, 0.6) is 11.5 Å². The van der Waals surface area contributed by atoms with E-state index in [2.05, 4.69) is 26.3 Å². The van der Waals surface area contributed by atoms with Crippen LogP contribution in [0.1, 0.15) is 36.5 Å². The highest BCUT2D eigenvalue weighted by Crippen LogP contribution is 2.37. The second-order valence-electron chi connectivity index (χ2n) is 10.8. The van der Waals surface area contributed by atoms with Gasteiger partial charge in [-0.15, -0.1) is 0 Å². The van der Waals surface area contributed by atoms with Crippen molar-refractivity contribution < 1.29 is 23.6 Å². The molecule has 1 N–H and O–H groups in total. The highest BCUT2D eigenvalue weighted by molar-refractivity contribution is 9.10. The SMILES string of the molecule is COc1cc(C)c(-c2nc3ccccc3c(=O)n2N=Cc2cc(Br)c(OCC(=O)Nc3cccc(F)c3)c([N+](=O)[O-])c2)cc1C(C)C. The summed E-state index contributed by atoms with van der Waals surface area (Å²) in [7, 11) is 1.60. The molecule has 0 unspecified atom stereocenters. The number of aromatic nitrogens is 2. The van der Waals surface area contributed by atoms with Crippen molar-refractivity contribution >= 4 is 50.3 Å². The molecule has 5 aromatic rings. The van der Waals surface area contributed by atoms with Crippen molar-refractivity contribution in [3.63, 3.8) is 0 Å². The van der Waals surface area contributed by atoms with Crippen molar-refractivity contribution in [1.29, 1.82) is 0 Å². The number of ether oxygens (including phenoxy) is 2. The molecule has 0 bridgehead atoms. The number of anilines is 1. The van der Waals surface area contributed by atoms with Crippen molar-refractivity contribution in [2.75, 3.05) is 19.0 Å². The smallest absolute Gasteiger partial charge is 0.312 e. The Morgan fingerprint density at radius 1 is 1.15 bits per heavy atom. The van der Waals surface area contributed by atoms with Crippen LogP contribution in [0.15, 0.2) is 87.2 Å². The maximum Gasteiger partial charge on any atom is 0.312 e. The summed E-state index contributed by atoms with van der Waals surface area (Å²) in [6.45, 7) is 5.37. The normalized spacial score (nSPS) is 11.3. The summed E-state index contributed by atoms with van der Waals surface area (Å²) < 4.78 is 25.9. The molecule has 0 fully saturated rings. The monoisotopic (exact) mass is 701 g/mol. The zero-order chi connectivity index (χ0) is 33.8. The average Bonchev–Trinajstić information content (AvgIpc) is 3.03. The minimum Gasteiger partial charge on any atom is -0.496 e. The van der Waals surface area contributed by atoms with E-state index in [4.69, 9.17) is 14.5 Å². The van der Waals surface area contributed by atoms with E-state index < -0.39 is 34.5 Å². The van der Waals surface area contributed by atoms with Gasteiger partial charge in [-0.05, 0) is 88.4 Å². The molecule has 5 rings (SSSR count). The number of nitrogens with zero attached hydrogens (tertiary/aromatic N) is 4. The predicted molar refractivity (Wildman–Crippen MR) is 181 cm³/mol. The summed E-state index contributed by atoms with van der Waals surface area (Å²) in [6, 6.07) is 18.7. The Morgan fingerprint density at radius 2 is 1.91 bits per heavy atom. The van der Waals surface area contributed by atoms with Crippen LogP contribution in [0.25, 0.3) is 22.3 Å². The Hall–Kier alpha value is -5.43. The Balaban J connectivity index is 1.53. The lowest BCUT2D eigenvalue weighted by atomic mass is 9.96. The number of para-hydroxylation sites is 1. The van der Waals surface area contributed by atoms with Crippen LogP contribution in [0.2, 0.25) is 0 Å². The molecular formula is C34H29BrFN5O6. The van der Waals surface area contributed by atoms with Gasteiger partial charge in [0.05, 0.1) is 33.6 Å². The minimum atomic E-state index is -0.661. The summed E-state index contributed by atoms with van der Waals surface area (Å²) >= 11 is 3.30. The highest BCUT2D eigenvalue weighted by Gasteiger charge is 2.22. The van der Waals surface area contributed by atoms with Crippen molar-refractivity contribution in [3.8, 4) is 22.9 Å². The fourth-order valence-corrected chi connectivity index (χ4v) is 5.53. The number of nitro benzene ring substituents is 1. The van der Waals surface area contributed by atoms with Crippen LogP contribution in [0.3, 0.4) is 0 Å². The van der Waals surface area contributed by atoms with E-state index in [1.165, 1.54) is 41.2 Å². The minimum absolute atomic E-state index is 0.111. The van der Waals surface area contributed by atoms with Gasteiger partial charge in [0.25, 0.3) is 11.5 Å². The van der Waals surface area contributed by atoms with Gasteiger partial charge in [0.1, 0.15) is 11.6 Å². The molecule has 0 aliphatic rings. The van der Waals surface area contributed by atoms with Crippen LogP contribution in [-0.4, -0.2) is 40.4 Å². The number of carbonyl (C=O) groups is 1. The van der Waals surface area contributed by atoms with Gasteiger partial charge < -0.3 is 14.8 Å². The molecule has 1 amide bonds. The molecule has 0 saturated carbocycles. The third-order valence-electron chi connectivity index (χ3n) is 7.21. The van der Waals surface area contributed by atoms with Gasteiger partial charge in [0.15, 0.2) is 12.4 Å². The lowest BCUT2D eigenvalue weighted by Crippen LogP contribution is -2.21. The number of carbonyl (C=O) groups excluding carboxylic acids is 1. The Morgan fingerprint density at radius 3 is 2.62 bits per heavy atom. The molecular weight excluding hydrogens is 673 g/mol. The maximum absolute atomic E-state index is 13.8. The maximum atomic E-state index is 13.8. The molecule has 1 aromatic heterocycles. The van der Waals surface area contributed by atoms with E-state index in [-0.39, 0.29) is 33.2 Å². The van der Waals surface area contributed by atoms with Crippen molar-refractivity contribution in [2.24, 2.45) is 5.10 Å². The number of nitrogens with one attached hydrogen (secondary N) is 1. The number of aryl methyl sites for hydroxylation is 1. The Labute approximate surface area is 277 Å². The fraction of sp³-hybridized carbons (Fsp3) is 0.176. The first kappa shape index (κ1) is 32.9. The first-order valence-corrected chi connectivity index (χ1v) is 15.2. The van der Waals surface area contributed by atoms with Crippen molar-refractivity contribution in [2.45, 2.75) is 26.7 Å². The topological polar surface area (TPSA) is 138 Å². The number of amides is 1. The predicted octanol–water partition coefficient (Wildman–Crippen LogP) is 7.21. The molecule has 13 heteroatoms. The number of rotatable bonds is 10. The molecule has 47 heavy (non-hydrogen) atoms. The van der Waals surface area contributed by atoms with E-state index in [0.717, 1.165) is 17.2 Å². The number of halogens is 2. The molecule has 0 radical (unpaired) electrons. The Bertz CT molecular complexity index is 2110. The second-order valence-corrected chi connectivity index (χ2v) is 11.7. The zero-order valence-electron chi connectivity index (χ0n) is 25.8. The van der Waals surface area contributed by atoms with E-state index in [1.807, 2.05) is 32.9 Å². The van der Waals surface area contributed by atoms with Gasteiger partial charge in [-0.1, -0.05) is 32.0 Å². The summed E-state index contributed by atoms with van der Waals surface area (Å²) in [5.74, 6) is -0.267. The number of benzene rings is 4. The van der Waals surface area contributed by atoms with Crippen LogP contribution in [-0.2, 0) is 4.79 Å². The van der Waals surface area contributed by atoms with Crippen LogP contribution in [0.4, 0.5) is 15.8 Å². The lowest BCUT2D eigenvalue weighted by Gasteiger charge is -2.17. The molecule has 1 heterocycles. The first-order valence-electron chi connectivity index (χ1n) is 14.4. The molecule has 240 valence electrons. The fourth-order valence-electron chi connectivity index (χ4n) is 4.95. The first-order chi connectivity index (χ1) is 22.5. The van der Waals surface area contributed by atoms with E-state index in [0.29, 0.717) is 22.2 Å². The summed E-state index contributed by atoms with van der Waals surface area (Å²) in [4.78, 5) is 42.3. The molecule has 0 aliphatic carbocycles. The van der Waals surface area contributed by atoms with Crippen LogP contribution >= 0.6 is 15.9 Å². The third kappa shape index (κ3) is 7.20.